The van der Waals surface area contributed by atoms with Crippen LogP contribution in [0.3, 0.4) is 0 Å². The number of ether oxygens (including phenoxy) is 2. The first-order chi connectivity index (χ1) is 14.0. The van der Waals surface area contributed by atoms with E-state index in [-0.39, 0.29) is 11.9 Å². The number of fused-ring (bicyclic) bond motifs is 1. The Hall–Kier alpha value is -2.74. The van der Waals surface area contributed by atoms with Gasteiger partial charge in [0.25, 0.3) is 0 Å². The maximum atomic E-state index is 13.1. The smallest absolute Gasteiger partial charge is 0.244 e. The summed E-state index contributed by atoms with van der Waals surface area (Å²) in [5.41, 5.74) is 0.776. The molecule has 1 amide bonds. The van der Waals surface area contributed by atoms with E-state index in [1.54, 1.807) is 50.4 Å². The number of carbonyl (C=O) groups excluding carboxylic acids is 1. The summed E-state index contributed by atoms with van der Waals surface area (Å²) in [4.78, 5) is 13.1. The highest BCUT2D eigenvalue weighted by Crippen LogP contribution is 2.41. The number of amides is 1. The SMILES string of the molecule is COc1ccc2c(c1)OC(C)(C)C[C@@H]2NC(=O)[C@@H](C)N(c1ccccc1)S(C)(=O)=O. The zero-order valence-electron chi connectivity index (χ0n) is 17.9. The highest BCUT2D eigenvalue weighted by Gasteiger charge is 2.37. The van der Waals surface area contributed by atoms with Crippen LogP contribution in [0.25, 0.3) is 0 Å². The minimum absolute atomic E-state index is 0.318. The van der Waals surface area contributed by atoms with Crippen LogP contribution in [0.4, 0.5) is 5.69 Å². The second kappa shape index (κ2) is 8.18. The van der Waals surface area contributed by atoms with E-state index < -0.39 is 21.7 Å². The van der Waals surface area contributed by atoms with Gasteiger partial charge in [0.1, 0.15) is 23.1 Å². The molecule has 2 atom stereocenters. The van der Waals surface area contributed by atoms with Crippen LogP contribution in [0.2, 0.25) is 0 Å². The molecule has 0 fully saturated rings. The number of anilines is 1. The Morgan fingerprint density at radius 1 is 1.23 bits per heavy atom. The molecular weight excluding hydrogens is 404 g/mol. The molecule has 2 aromatic carbocycles. The van der Waals surface area contributed by atoms with Crippen molar-refractivity contribution in [1.82, 2.24) is 5.32 Å². The maximum absolute atomic E-state index is 13.1. The molecule has 1 aliphatic heterocycles. The van der Waals surface area contributed by atoms with E-state index in [0.29, 0.717) is 23.6 Å². The standard InChI is InChI=1S/C22H28N2O5S/c1-15(24(30(5,26)27)16-9-7-6-8-10-16)21(25)23-19-14-22(2,3)29-20-13-17(28-4)11-12-18(19)20/h6-13,15,19H,14H2,1-5H3,(H,23,25)/t15-,19+/m1/s1. The van der Waals surface area contributed by atoms with E-state index in [1.807, 2.05) is 26.0 Å². The molecule has 1 heterocycles. The van der Waals surface area contributed by atoms with E-state index in [2.05, 4.69) is 5.32 Å². The minimum atomic E-state index is -3.66. The van der Waals surface area contributed by atoms with Crippen LogP contribution in [-0.2, 0) is 14.8 Å². The van der Waals surface area contributed by atoms with E-state index in [1.165, 1.54) is 0 Å². The van der Waals surface area contributed by atoms with Gasteiger partial charge in [-0.3, -0.25) is 9.10 Å². The lowest BCUT2D eigenvalue weighted by Gasteiger charge is -2.39. The molecule has 8 heteroatoms. The summed E-state index contributed by atoms with van der Waals surface area (Å²) in [6.07, 6.45) is 1.65. The second-order valence-electron chi connectivity index (χ2n) is 8.10. The summed E-state index contributed by atoms with van der Waals surface area (Å²) in [6, 6.07) is 12.9. The summed E-state index contributed by atoms with van der Waals surface area (Å²) in [6.45, 7) is 5.48. The molecule has 162 valence electrons. The van der Waals surface area contributed by atoms with Crippen molar-refractivity contribution in [3.05, 3.63) is 54.1 Å². The first kappa shape index (κ1) is 22.0. The number of hydrogen-bond donors (Lipinski definition) is 1. The number of benzene rings is 2. The number of nitrogens with zero attached hydrogens (tertiary/aromatic N) is 1. The lowest BCUT2D eigenvalue weighted by Crippen LogP contribution is -2.50. The molecule has 0 saturated heterocycles. The van der Waals surface area contributed by atoms with Crippen LogP contribution in [0.15, 0.2) is 48.5 Å². The third-order valence-corrected chi connectivity index (χ3v) is 6.34. The average Bonchev–Trinajstić information content (AvgIpc) is 2.66. The molecule has 1 aliphatic rings. The van der Waals surface area contributed by atoms with Crippen LogP contribution in [-0.4, -0.2) is 39.3 Å². The Labute approximate surface area is 178 Å². The van der Waals surface area contributed by atoms with Crippen LogP contribution in [0.1, 0.15) is 38.8 Å². The highest BCUT2D eigenvalue weighted by atomic mass is 32.2. The van der Waals surface area contributed by atoms with E-state index in [4.69, 9.17) is 9.47 Å². The van der Waals surface area contributed by atoms with E-state index >= 15 is 0 Å². The molecule has 0 unspecified atom stereocenters. The lowest BCUT2D eigenvalue weighted by molar-refractivity contribution is -0.123. The van der Waals surface area contributed by atoms with Crippen LogP contribution in [0, 0.1) is 0 Å². The number of sulfonamides is 1. The number of hydrogen-bond acceptors (Lipinski definition) is 5. The predicted molar refractivity (Wildman–Crippen MR) is 116 cm³/mol. The van der Waals surface area contributed by atoms with Crippen molar-refractivity contribution < 1.29 is 22.7 Å². The zero-order valence-corrected chi connectivity index (χ0v) is 18.7. The summed E-state index contributed by atoms with van der Waals surface area (Å²) in [5.74, 6) is 0.928. The van der Waals surface area contributed by atoms with Gasteiger partial charge in [-0.15, -0.1) is 0 Å². The third kappa shape index (κ3) is 4.70. The van der Waals surface area contributed by atoms with Crippen molar-refractivity contribution >= 4 is 21.6 Å². The first-order valence-electron chi connectivity index (χ1n) is 9.73. The fraction of sp³-hybridized carbons (Fsp3) is 0.409. The van der Waals surface area contributed by atoms with Gasteiger partial charge in [0.2, 0.25) is 15.9 Å². The van der Waals surface area contributed by atoms with E-state index in [0.717, 1.165) is 16.1 Å². The highest BCUT2D eigenvalue weighted by molar-refractivity contribution is 7.92. The molecule has 30 heavy (non-hydrogen) atoms. The molecule has 0 bridgehead atoms. The number of carbonyl (C=O) groups is 1. The monoisotopic (exact) mass is 432 g/mol. The van der Waals surface area contributed by atoms with Crippen molar-refractivity contribution in [3.63, 3.8) is 0 Å². The summed E-state index contributed by atoms with van der Waals surface area (Å²) < 4.78 is 37.4. The van der Waals surface area contributed by atoms with E-state index in [9.17, 15) is 13.2 Å². The number of rotatable bonds is 6. The molecule has 0 spiro atoms. The fourth-order valence-corrected chi connectivity index (χ4v) is 4.94. The molecule has 3 rings (SSSR count). The maximum Gasteiger partial charge on any atom is 0.244 e. The largest absolute Gasteiger partial charge is 0.497 e. The minimum Gasteiger partial charge on any atom is -0.497 e. The Balaban J connectivity index is 1.89. The van der Waals surface area contributed by atoms with Gasteiger partial charge in [-0.1, -0.05) is 18.2 Å². The Kier molecular flexibility index (Phi) is 5.99. The van der Waals surface area contributed by atoms with Gasteiger partial charge in [-0.2, -0.15) is 0 Å². The number of methoxy groups -OCH3 is 1. The molecule has 0 saturated carbocycles. The number of para-hydroxylation sites is 1. The third-order valence-electron chi connectivity index (χ3n) is 5.09. The van der Waals surface area contributed by atoms with Gasteiger partial charge in [0, 0.05) is 18.1 Å². The lowest BCUT2D eigenvalue weighted by atomic mass is 9.89. The van der Waals surface area contributed by atoms with Crippen LogP contribution in [0.5, 0.6) is 11.5 Å². The Morgan fingerprint density at radius 3 is 2.50 bits per heavy atom. The van der Waals surface area contributed by atoms with Crippen molar-refractivity contribution in [2.45, 2.75) is 44.9 Å². The van der Waals surface area contributed by atoms with Gasteiger partial charge >= 0.3 is 0 Å². The van der Waals surface area contributed by atoms with Crippen molar-refractivity contribution in [1.29, 1.82) is 0 Å². The molecule has 0 aromatic heterocycles. The van der Waals surface area contributed by atoms with Gasteiger partial charge in [0.15, 0.2) is 0 Å². The molecule has 1 N–H and O–H groups in total. The van der Waals surface area contributed by atoms with Crippen LogP contribution < -0.4 is 19.1 Å². The van der Waals surface area contributed by atoms with Gasteiger partial charge < -0.3 is 14.8 Å². The molecule has 0 aliphatic carbocycles. The summed E-state index contributed by atoms with van der Waals surface area (Å²) >= 11 is 0. The molecular formula is C22H28N2O5S. The normalized spacial score (nSPS) is 18.5. The van der Waals surface area contributed by atoms with Gasteiger partial charge in [-0.05, 0) is 45.0 Å². The average molecular weight is 433 g/mol. The molecule has 2 aromatic rings. The Morgan fingerprint density at radius 2 is 1.90 bits per heavy atom. The topological polar surface area (TPSA) is 84.9 Å². The van der Waals surface area contributed by atoms with Crippen molar-refractivity contribution in [2.24, 2.45) is 0 Å². The summed E-state index contributed by atoms with van der Waals surface area (Å²) in [5, 5.41) is 3.02. The Bertz CT molecular complexity index is 1020. The van der Waals surface area contributed by atoms with Crippen molar-refractivity contribution in [3.8, 4) is 11.5 Å². The molecule has 0 radical (unpaired) electrons. The van der Waals surface area contributed by atoms with Gasteiger partial charge in [-0.25, -0.2) is 8.42 Å². The van der Waals surface area contributed by atoms with Crippen molar-refractivity contribution in [2.75, 3.05) is 17.7 Å². The zero-order chi connectivity index (χ0) is 22.1. The second-order valence-corrected chi connectivity index (χ2v) is 9.96. The summed E-state index contributed by atoms with van der Waals surface area (Å²) in [7, 11) is -2.08. The molecule has 7 nitrogen and oxygen atoms in total. The quantitative estimate of drug-likeness (QED) is 0.757. The first-order valence-corrected chi connectivity index (χ1v) is 11.6. The van der Waals surface area contributed by atoms with Crippen LogP contribution >= 0.6 is 0 Å². The predicted octanol–water partition coefficient (Wildman–Crippen LogP) is 3.27. The number of nitrogens with one attached hydrogen (secondary N) is 1. The van der Waals surface area contributed by atoms with Gasteiger partial charge in [0.05, 0.1) is 25.1 Å². The fourth-order valence-electron chi connectivity index (χ4n) is 3.76.